The Hall–Kier alpha value is -0.540. The Morgan fingerprint density at radius 3 is 2.73 bits per heavy atom. The van der Waals surface area contributed by atoms with Crippen molar-refractivity contribution < 1.29 is 4.39 Å². The van der Waals surface area contributed by atoms with Crippen molar-refractivity contribution in [1.29, 1.82) is 0 Å². The summed E-state index contributed by atoms with van der Waals surface area (Å²) in [6, 6.07) is 5.16. The Bertz CT molecular complexity index is 334. The van der Waals surface area contributed by atoms with Crippen LogP contribution in [0.3, 0.4) is 0 Å². The van der Waals surface area contributed by atoms with Gasteiger partial charge in [-0.05, 0) is 61.9 Å². The first-order valence-electron chi connectivity index (χ1n) is 5.35. The summed E-state index contributed by atoms with van der Waals surface area (Å²) in [5.74, 6) is 0.422. The van der Waals surface area contributed by atoms with Crippen molar-refractivity contribution in [1.82, 2.24) is 5.32 Å². The van der Waals surface area contributed by atoms with E-state index in [0.717, 1.165) is 25.9 Å². The molecule has 1 aliphatic rings. The van der Waals surface area contributed by atoms with Crippen LogP contribution in [0.2, 0.25) is 0 Å². The van der Waals surface area contributed by atoms with Gasteiger partial charge < -0.3 is 5.32 Å². The second-order valence-corrected chi connectivity index (χ2v) is 4.76. The number of nitrogens with one attached hydrogen (secondary N) is 1. The lowest BCUT2D eigenvalue weighted by atomic mass is 9.90. The third-order valence-electron chi connectivity index (χ3n) is 2.97. The molecule has 82 valence electrons. The lowest BCUT2D eigenvalue weighted by molar-refractivity contribution is 0.454. The molecule has 0 aromatic heterocycles. The molecule has 3 heteroatoms. The van der Waals surface area contributed by atoms with Gasteiger partial charge in [0.05, 0.1) is 0 Å². The molecule has 0 amide bonds. The van der Waals surface area contributed by atoms with E-state index in [1.807, 2.05) is 6.07 Å². The highest BCUT2D eigenvalue weighted by Gasteiger charge is 2.18. The van der Waals surface area contributed by atoms with Crippen molar-refractivity contribution in [3.05, 3.63) is 29.6 Å². The average molecular weight is 225 g/mol. The molecule has 1 aliphatic heterocycles. The molecule has 0 atom stereocenters. The monoisotopic (exact) mass is 225 g/mol. The molecule has 0 radical (unpaired) electrons. The fourth-order valence-corrected chi connectivity index (χ4v) is 2.82. The molecule has 0 unspecified atom stereocenters. The number of halogens is 1. The molecule has 1 nitrogen and oxygen atoms in total. The van der Waals surface area contributed by atoms with E-state index in [1.54, 1.807) is 23.9 Å². The lowest BCUT2D eigenvalue weighted by Crippen LogP contribution is -2.26. The number of piperidine rings is 1. The van der Waals surface area contributed by atoms with Gasteiger partial charge in [0.1, 0.15) is 5.82 Å². The van der Waals surface area contributed by atoms with E-state index in [-0.39, 0.29) is 5.82 Å². The van der Waals surface area contributed by atoms with Gasteiger partial charge in [-0.2, -0.15) is 0 Å². The molecule has 15 heavy (non-hydrogen) atoms. The van der Waals surface area contributed by atoms with Gasteiger partial charge >= 0.3 is 0 Å². The summed E-state index contributed by atoms with van der Waals surface area (Å²) in [6.07, 6.45) is 4.30. The van der Waals surface area contributed by atoms with Gasteiger partial charge in [0, 0.05) is 4.90 Å². The molecule has 0 spiro atoms. The minimum absolute atomic E-state index is 0.110. The maximum atomic E-state index is 13.2. The van der Waals surface area contributed by atoms with Gasteiger partial charge in [-0.15, -0.1) is 11.8 Å². The molecule has 1 fully saturated rings. The van der Waals surface area contributed by atoms with Crippen molar-refractivity contribution in [3.63, 3.8) is 0 Å². The lowest BCUT2D eigenvalue weighted by Gasteiger charge is -2.24. The Morgan fingerprint density at radius 2 is 2.07 bits per heavy atom. The molecule has 1 N–H and O–H groups in total. The average Bonchev–Trinajstić information content (AvgIpc) is 2.30. The van der Waals surface area contributed by atoms with Gasteiger partial charge in [0.15, 0.2) is 0 Å². The van der Waals surface area contributed by atoms with E-state index in [9.17, 15) is 4.39 Å². The van der Waals surface area contributed by atoms with Gasteiger partial charge in [0.25, 0.3) is 0 Å². The standard InChI is InChI=1S/C12H16FNS/c1-15-12-3-2-10(13)8-11(12)9-4-6-14-7-5-9/h2-3,8-9,14H,4-7H2,1H3. The van der Waals surface area contributed by atoms with E-state index < -0.39 is 0 Å². The summed E-state index contributed by atoms with van der Waals surface area (Å²) in [5, 5.41) is 3.34. The van der Waals surface area contributed by atoms with Crippen molar-refractivity contribution in [2.45, 2.75) is 23.7 Å². The van der Waals surface area contributed by atoms with Crippen molar-refractivity contribution in [2.24, 2.45) is 0 Å². The van der Waals surface area contributed by atoms with Crippen LogP contribution < -0.4 is 5.32 Å². The van der Waals surface area contributed by atoms with E-state index in [1.165, 1.54) is 10.5 Å². The maximum absolute atomic E-state index is 13.2. The van der Waals surface area contributed by atoms with Crippen LogP contribution >= 0.6 is 11.8 Å². The van der Waals surface area contributed by atoms with Crippen LogP contribution in [0.5, 0.6) is 0 Å². The van der Waals surface area contributed by atoms with Crippen molar-refractivity contribution in [2.75, 3.05) is 19.3 Å². The normalized spacial score (nSPS) is 18.0. The van der Waals surface area contributed by atoms with E-state index in [0.29, 0.717) is 5.92 Å². The zero-order valence-electron chi connectivity index (χ0n) is 8.92. The van der Waals surface area contributed by atoms with Gasteiger partial charge in [-0.1, -0.05) is 0 Å². The third kappa shape index (κ3) is 2.52. The molecular formula is C12H16FNS. The van der Waals surface area contributed by atoms with Crippen LogP contribution in [-0.2, 0) is 0 Å². The first-order valence-corrected chi connectivity index (χ1v) is 6.58. The number of rotatable bonds is 2. The fraction of sp³-hybridized carbons (Fsp3) is 0.500. The van der Waals surface area contributed by atoms with Gasteiger partial charge in [-0.25, -0.2) is 4.39 Å². The van der Waals surface area contributed by atoms with Crippen LogP contribution in [0.25, 0.3) is 0 Å². The highest BCUT2D eigenvalue weighted by atomic mass is 32.2. The second-order valence-electron chi connectivity index (χ2n) is 3.91. The first kappa shape index (κ1) is 11.0. The molecule has 0 bridgehead atoms. The Morgan fingerprint density at radius 1 is 1.33 bits per heavy atom. The second kappa shape index (κ2) is 4.99. The quantitative estimate of drug-likeness (QED) is 0.776. The summed E-state index contributed by atoms with van der Waals surface area (Å²) in [6.45, 7) is 2.10. The smallest absolute Gasteiger partial charge is 0.123 e. The van der Waals surface area contributed by atoms with Crippen molar-refractivity contribution >= 4 is 11.8 Å². The largest absolute Gasteiger partial charge is 0.317 e. The Labute approximate surface area is 94.5 Å². The highest BCUT2D eigenvalue weighted by Crippen LogP contribution is 2.32. The zero-order chi connectivity index (χ0) is 10.7. The predicted octanol–water partition coefficient (Wildman–Crippen LogP) is 3.01. The zero-order valence-corrected chi connectivity index (χ0v) is 9.74. The Balaban J connectivity index is 2.27. The number of hydrogen-bond acceptors (Lipinski definition) is 2. The number of thioether (sulfide) groups is 1. The molecule has 1 aromatic carbocycles. The molecule has 0 aliphatic carbocycles. The Kier molecular flexibility index (Phi) is 3.65. The molecule has 0 saturated carbocycles. The summed E-state index contributed by atoms with van der Waals surface area (Å²) >= 11 is 1.71. The topological polar surface area (TPSA) is 12.0 Å². The number of benzene rings is 1. The minimum Gasteiger partial charge on any atom is -0.317 e. The highest BCUT2D eigenvalue weighted by molar-refractivity contribution is 7.98. The van der Waals surface area contributed by atoms with Crippen LogP contribution in [0, 0.1) is 5.82 Å². The third-order valence-corrected chi connectivity index (χ3v) is 3.78. The fourth-order valence-electron chi connectivity index (χ4n) is 2.16. The van der Waals surface area contributed by atoms with Crippen LogP contribution in [0.15, 0.2) is 23.1 Å². The summed E-state index contributed by atoms with van der Waals surface area (Å²) in [5.41, 5.74) is 1.20. The van der Waals surface area contributed by atoms with E-state index in [4.69, 9.17) is 0 Å². The molecule has 2 rings (SSSR count). The SMILES string of the molecule is CSc1ccc(F)cc1C1CCNCC1. The maximum Gasteiger partial charge on any atom is 0.123 e. The molecule has 1 aromatic rings. The minimum atomic E-state index is -0.110. The summed E-state index contributed by atoms with van der Waals surface area (Å²) < 4.78 is 13.2. The van der Waals surface area contributed by atoms with Crippen LogP contribution in [-0.4, -0.2) is 19.3 Å². The van der Waals surface area contributed by atoms with E-state index in [2.05, 4.69) is 11.6 Å². The first-order chi connectivity index (χ1) is 7.31. The summed E-state index contributed by atoms with van der Waals surface area (Å²) in [4.78, 5) is 1.23. The van der Waals surface area contributed by atoms with Crippen molar-refractivity contribution in [3.8, 4) is 0 Å². The van der Waals surface area contributed by atoms with Gasteiger partial charge in [0.2, 0.25) is 0 Å². The summed E-state index contributed by atoms with van der Waals surface area (Å²) in [7, 11) is 0. The predicted molar refractivity (Wildman–Crippen MR) is 63.0 cm³/mol. The van der Waals surface area contributed by atoms with Gasteiger partial charge in [-0.3, -0.25) is 0 Å². The number of hydrogen-bond donors (Lipinski definition) is 1. The van der Waals surface area contributed by atoms with Crippen LogP contribution in [0.1, 0.15) is 24.3 Å². The van der Waals surface area contributed by atoms with Crippen LogP contribution in [0.4, 0.5) is 4.39 Å². The molecule has 1 heterocycles. The van der Waals surface area contributed by atoms with E-state index >= 15 is 0 Å². The molecular weight excluding hydrogens is 209 g/mol. The molecule has 1 saturated heterocycles.